The SMILES string of the molecule is Cc1nc(Cc2cccc3ccccc23)sc1CC(=O)Nc1ccnc(Cl)c1. The Hall–Kier alpha value is -2.76. The number of amides is 1. The molecular formula is C22H18ClN3OS. The first-order chi connectivity index (χ1) is 13.6. The van der Waals surface area contributed by atoms with Crippen molar-refractivity contribution in [3.63, 3.8) is 0 Å². The molecule has 0 atom stereocenters. The van der Waals surface area contributed by atoms with Gasteiger partial charge in [0.25, 0.3) is 0 Å². The van der Waals surface area contributed by atoms with Gasteiger partial charge in [0, 0.05) is 23.2 Å². The molecule has 2 aromatic carbocycles. The van der Waals surface area contributed by atoms with Crippen molar-refractivity contribution in [2.75, 3.05) is 5.32 Å². The number of nitrogens with zero attached hydrogens (tertiary/aromatic N) is 2. The van der Waals surface area contributed by atoms with E-state index in [1.165, 1.54) is 16.3 Å². The maximum atomic E-state index is 12.4. The number of pyridine rings is 1. The van der Waals surface area contributed by atoms with Gasteiger partial charge in [0.05, 0.1) is 17.1 Å². The Labute approximate surface area is 172 Å². The minimum absolute atomic E-state index is 0.0919. The van der Waals surface area contributed by atoms with E-state index in [4.69, 9.17) is 16.6 Å². The Morgan fingerprint density at radius 1 is 1.14 bits per heavy atom. The smallest absolute Gasteiger partial charge is 0.229 e. The van der Waals surface area contributed by atoms with Gasteiger partial charge in [0.15, 0.2) is 0 Å². The Morgan fingerprint density at radius 2 is 1.96 bits per heavy atom. The predicted octanol–water partition coefficient (Wildman–Crippen LogP) is 5.43. The van der Waals surface area contributed by atoms with Gasteiger partial charge in [0.1, 0.15) is 5.15 Å². The van der Waals surface area contributed by atoms with Crippen LogP contribution in [0.1, 0.15) is 21.1 Å². The number of carbonyl (C=O) groups is 1. The van der Waals surface area contributed by atoms with Crippen LogP contribution in [0.25, 0.3) is 10.8 Å². The number of carbonyl (C=O) groups excluding carboxylic acids is 1. The number of hydrogen-bond acceptors (Lipinski definition) is 4. The number of halogens is 1. The van der Waals surface area contributed by atoms with Gasteiger partial charge in [-0.15, -0.1) is 11.3 Å². The topological polar surface area (TPSA) is 54.9 Å². The molecule has 0 saturated heterocycles. The van der Waals surface area contributed by atoms with Crippen LogP contribution in [0.15, 0.2) is 60.8 Å². The van der Waals surface area contributed by atoms with Crippen LogP contribution in [0.5, 0.6) is 0 Å². The van der Waals surface area contributed by atoms with Crippen molar-refractivity contribution in [3.05, 3.63) is 87.1 Å². The van der Waals surface area contributed by atoms with E-state index in [9.17, 15) is 4.79 Å². The van der Waals surface area contributed by atoms with E-state index < -0.39 is 0 Å². The van der Waals surface area contributed by atoms with Gasteiger partial charge < -0.3 is 5.32 Å². The van der Waals surface area contributed by atoms with E-state index >= 15 is 0 Å². The third kappa shape index (κ3) is 4.21. The molecule has 0 unspecified atom stereocenters. The number of hydrogen-bond donors (Lipinski definition) is 1. The highest BCUT2D eigenvalue weighted by Crippen LogP contribution is 2.25. The van der Waals surface area contributed by atoms with E-state index in [0.717, 1.165) is 22.0 Å². The van der Waals surface area contributed by atoms with Crippen molar-refractivity contribution in [3.8, 4) is 0 Å². The van der Waals surface area contributed by atoms with Crippen molar-refractivity contribution in [1.29, 1.82) is 0 Å². The lowest BCUT2D eigenvalue weighted by molar-refractivity contribution is -0.115. The summed E-state index contributed by atoms with van der Waals surface area (Å²) in [6.07, 6.45) is 2.62. The van der Waals surface area contributed by atoms with Gasteiger partial charge in [0.2, 0.25) is 5.91 Å². The summed E-state index contributed by atoms with van der Waals surface area (Å²) in [6, 6.07) is 18.0. The Bertz CT molecular complexity index is 1150. The summed E-state index contributed by atoms with van der Waals surface area (Å²) in [6.45, 7) is 1.95. The standard InChI is InChI=1S/C22H18ClN3OS/c1-14-19(13-21(27)26-17-9-10-24-20(23)12-17)28-22(25-14)11-16-7-4-6-15-5-2-3-8-18(15)16/h2-10,12H,11,13H2,1H3,(H,24,26,27). The molecule has 0 radical (unpaired) electrons. The van der Waals surface area contributed by atoms with Crippen LogP contribution < -0.4 is 5.32 Å². The third-order valence-electron chi connectivity index (χ3n) is 4.49. The first-order valence-corrected chi connectivity index (χ1v) is 10.1. The average Bonchev–Trinajstić information content (AvgIpc) is 3.01. The number of thiazole rings is 1. The van der Waals surface area contributed by atoms with Crippen molar-refractivity contribution in [1.82, 2.24) is 9.97 Å². The largest absolute Gasteiger partial charge is 0.326 e. The van der Waals surface area contributed by atoms with E-state index in [2.05, 4.69) is 46.7 Å². The van der Waals surface area contributed by atoms with Gasteiger partial charge in [-0.1, -0.05) is 54.1 Å². The fourth-order valence-electron chi connectivity index (χ4n) is 3.17. The van der Waals surface area contributed by atoms with Gasteiger partial charge >= 0.3 is 0 Å². The number of nitrogens with one attached hydrogen (secondary N) is 1. The average molecular weight is 408 g/mol. The molecule has 0 bridgehead atoms. The molecule has 0 saturated carbocycles. The molecule has 0 aliphatic heterocycles. The molecule has 0 spiro atoms. The van der Waals surface area contributed by atoms with E-state index in [-0.39, 0.29) is 5.91 Å². The fourth-order valence-corrected chi connectivity index (χ4v) is 4.43. The maximum absolute atomic E-state index is 12.4. The van der Waals surface area contributed by atoms with Gasteiger partial charge in [-0.2, -0.15) is 0 Å². The molecule has 0 fully saturated rings. The van der Waals surface area contributed by atoms with Crippen LogP contribution in [-0.4, -0.2) is 15.9 Å². The summed E-state index contributed by atoms with van der Waals surface area (Å²) < 4.78 is 0. The molecule has 1 amide bonds. The van der Waals surface area contributed by atoms with Crippen molar-refractivity contribution < 1.29 is 4.79 Å². The molecule has 0 aliphatic carbocycles. The fraction of sp³-hybridized carbons (Fsp3) is 0.136. The van der Waals surface area contributed by atoms with E-state index in [1.807, 2.05) is 13.0 Å². The zero-order valence-corrected chi connectivity index (χ0v) is 16.8. The van der Waals surface area contributed by atoms with Gasteiger partial charge in [-0.05, 0) is 35.4 Å². The summed E-state index contributed by atoms with van der Waals surface area (Å²) in [5.74, 6) is -0.0919. The highest BCUT2D eigenvalue weighted by Gasteiger charge is 2.13. The number of anilines is 1. The highest BCUT2D eigenvalue weighted by atomic mass is 35.5. The Kier molecular flexibility index (Phi) is 5.37. The summed E-state index contributed by atoms with van der Waals surface area (Å²) in [4.78, 5) is 22.0. The molecule has 2 heterocycles. The normalized spacial score (nSPS) is 10.9. The lowest BCUT2D eigenvalue weighted by atomic mass is 10.0. The molecule has 4 aromatic rings. The van der Waals surface area contributed by atoms with Crippen LogP contribution in [0.3, 0.4) is 0 Å². The number of rotatable bonds is 5. The number of aromatic nitrogens is 2. The van der Waals surface area contributed by atoms with Crippen LogP contribution in [-0.2, 0) is 17.6 Å². The van der Waals surface area contributed by atoms with Crippen LogP contribution >= 0.6 is 22.9 Å². The van der Waals surface area contributed by atoms with Crippen LogP contribution in [0.2, 0.25) is 5.15 Å². The molecule has 0 aliphatic rings. The van der Waals surface area contributed by atoms with E-state index in [0.29, 0.717) is 17.3 Å². The number of fused-ring (bicyclic) bond motifs is 1. The summed E-state index contributed by atoms with van der Waals surface area (Å²) in [5.41, 5.74) is 2.79. The first-order valence-electron chi connectivity index (χ1n) is 8.92. The monoisotopic (exact) mass is 407 g/mol. The second kappa shape index (κ2) is 8.09. The molecule has 140 valence electrons. The highest BCUT2D eigenvalue weighted by molar-refractivity contribution is 7.11. The van der Waals surface area contributed by atoms with Crippen molar-refractivity contribution >= 4 is 45.3 Å². The zero-order valence-electron chi connectivity index (χ0n) is 15.3. The summed E-state index contributed by atoms with van der Waals surface area (Å²) in [5, 5.41) is 6.69. The molecule has 2 aromatic heterocycles. The summed E-state index contributed by atoms with van der Waals surface area (Å²) in [7, 11) is 0. The molecule has 4 nitrogen and oxygen atoms in total. The van der Waals surface area contributed by atoms with Crippen molar-refractivity contribution in [2.45, 2.75) is 19.8 Å². The predicted molar refractivity (Wildman–Crippen MR) is 115 cm³/mol. The maximum Gasteiger partial charge on any atom is 0.229 e. The molecule has 28 heavy (non-hydrogen) atoms. The molecule has 6 heteroatoms. The quantitative estimate of drug-likeness (QED) is 0.449. The number of benzene rings is 2. The van der Waals surface area contributed by atoms with Crippen LogP contribution in [0.4, 0.5) is 5.69 Å². The second-order valence-corrected chi connectivity index (χ2v) is 8.08. The lowest BCUT2D eigenvalue weighted by Crippen LogP contribution is -2.14. The van der Waals surface area contributed by atoms with Crippen LogP contribution in [0, 0.1) is 6.92 Å². The zero-order chi connectivity index (χ0) is 19.5. The van der Waals surface area contributed by atoms with Crippen molar-refractivity contribution in [2.24, 2.45) is 0 Å². The number of aryl methyl sites for hydroxylation is 1. The van der Waals surface area contributed by atoms with E-state index in [1.54, 1.807) is 29.7 Å². The molecule has 1 N–H and O–H groups in total. The Balaban J connectivity index is 1.49. The summed E-state index contributed by atoms with van der Waals surface area (Å²) >= 11 is 7.46. The minimum atomic E-state index is -0.0919. The second-order valence-electron chi connectivity index (χ2n) is 6.52. The lowest BCUT2D eigenvalue weighted by Gasteiger charge is -2.05. The van der Waals surface area contributed by atoms with Gasteiger partial charge in [-0.3, -0.25) is 4.79 Å². The molecule has 4 rings (SSSR count). The van der Waals surface area contributed by atoms with Gasteiger partial charge in [-0.25, -0.2) is 9.97 Å². The first kappa shape index (κ1) is 18.6. The third-order valence-corrected chi connectivity index (χ3v) is 5.85. The molecular weight excluding hydrogens is 390 g/mol. The Morgan fingerprint density at radius 3 is 2.82 bits per heavy atom. The minimum Gasteiger partial charge on any atom is -0.326 e.